The van der Waals surface area contributed by atoms with Crippen molar-refractivity contribution in [3.63, 3.8) is 0 Å². The molecule has 1 aromatic rings. The second kappa shape index (κ2) is 2.67. The van der Waals surface area contributed by atoms with Crippen molar-refractivity contribution in [2.24, 2.45) is 0 Å². The van der Waals surface area contributed by atoms with Crippen LogP contribution >= 0.6 is 12.6 Å². The van der Waals surface area contributed by atoms with E-state index >= 15 is 0 Å². The molecule has 1 aromatic heterocycles. The second-order valence-corrected chi connectivity index (χ2v) is 1.63. The summed E-state index contributed by atoms with van der Waals surface area (Å²) in [4.78, 5) is 7.76. The van der Waals surface area contributed by atoms with Gasteiger partial charge in [0.05, 0.1) is 5.69 Å². The van der Waals surface area contributed by atoms with Crippen LogP contribution < -0.4 is 0 Å². The fraction of sp³-hybridized carbons (Fsp3) is 0.200. The highest BCUT2D eigenvalue weighted by Crippen LogP contribution is 1.92. The Labute approximate surface area is 53.4 Å². The van der Waals surface area contributed by atoms with E-state index < -0.39 is 0 Å². The summed E-state index contributed by atoms with van der Waals surface area (Å²) in [5.74, 6) is 0.549. The van der Waals surface area contributed by atoms with Gasteiger partial charge in [-0.25, -0.2) is 0 Å². The molecule has 3 heteroatoms. The van der Waals surface area contributed by atoms with E-state index in [9.17, 15) is 0 Å². The topological polar surface area (TPSA) is 25.8 Å². The van der Waals surface area contributed by atoms with Gasteiger partial charge >= 0.3 is 0 Å². The average Bonchev–Trinajstić information content (AvgIpc) is 1.90. The fourth-order valence-corrected chi connectivity index (χ4v) is 0.554. The van der Waals surface area contributed by atoms with Crippen molar-refractivity contribution in [2.75, 3.05) is 0 Å². The first kappa shape index (κ1) is 5.56. The van der Waals surface area contributed by atoms with Crippen molar-refractivity contribution >= 4 is 12.6 Å². The standard InChI is InChI=1S/C5H5N2S/c8-4-5-3-6-1-2-7-5/h1-3H,4H2. The number of hydrogen-bond acceptors (Lipinski definition) is 2. The van der Waals surface area contributed by atoms with Gasteiger partial charge in [0, 0.05) is 24.3 Å². The third kappa shape index (κ3) is 1.20. The van der Waals surface area contributed by atoms with Crippen LogP contribution in [0.2, 0.25) is 0 Å². The molecule has 1 heterocycles. The van der Waals surface area contributed by atoms with Gasteiger partial charge in [-0.3, -0.25) is 9.97 Å². The van der Waals surface area contributed by atoms with Crippen LogP contribution in [0, 0.1) is 0 Å². The Bertz CT molecular complexity index is 152. The molecule has 0 spiro atoms. The lowest BCUT2D eigenvalue weighted by Crippen LogP contribution is -1.82. The van der Waals surface area contributed by atoms with Crippen molar-refractivity contribution in [1.82, 2.24) is 9.97 Å². The van der Waals surface area contributed by atoms with Crippen LogP contribution in [-0.4, -0.2) is 9.97 Å². The van der Waals surface area contributed by atoms with E-state index in [1.165, 1.54) is 0 Å². The summed E-state index contributed by atoms with van der Waals surface area (Å²) in [5, 5.41) is 0. The summed E-state index contributed by atoms with van der Waals surface area (Å²) in [7, 11) is 0. The van der Waals surface area contributed by atoms with E-state index in [2.05, 4.69) is 9.97 Å². The van der Waals surface area contributed by atoms with Crippen LogP contribution in [0.3, 0.4) is 0 Å². The van der Waals surface area contributed by atoms with Gasteiger partial charge in [-0.05, 0) is 0 Å². The van der Waals surface area contributed by atoms with Crippen LogP contribution in [0.15, 0.2) is 18.6 Å². The molecule has 0 aliphatic heterocycles. The van der Waals surface area contributed by atoms with Crippen molar-refractivity contribution < 1.29 is 0 Å². The Balaban J connectivity index is 2.83. The molecule has 0 atom stereocenters. The predicted octanol–water partition coefficient (Wildman–Crippen LogP) is 1.17. The molecule has 0 fully saturated rings. The van der Waals surface area contributed by atoms with Crippen LogP contribution in [0.4, 0.5) is 0 Å². The zero-order valence-corrected chi connectivity index (χ0v) is 5.06. The maximum absolute atomic E-state index is 4.72. The molecule has 0 amide bonds. The van der Waals surface area contributed by atoms with Crippen molar-refractivity contribution in [3.8, 4) is 0 Å². The Morgan fingerprint density at radius 1 is 1.50 bits per heavy atom. The van der Waals surface area contributed by atoms with Crippen LogP contribution in [-0.2, 0) is 5.75 Å². The van der Waals surface area contributed by atoms with Crippen LogP contribution in [0.5, 0.6) is 0 Å². The van der Waals surface area contributed by atoms with Crippen molar-refractivity contribution in [2.45, 2.75) is 5.75 Å². The average molecular weight is 125 g/mol. The minimum atomic E-state index is 0.549. The maximum atomic E-state index is 4.72. The summed E-state index contributed by atoms with van der Waals surface area (Å²) in [6, 6.07) is 0. The molecule has 0 N–H and O–H groups in total. The molecular weight excluding hydrogens is 120 g/mol. The van der Waals surface area contributed by atoms with Crippen molar-refractivity contribution in [1.29, 1.82) is 0 Å². The minimum absolute atomic E-state index is 0.549. The minimum Gasteiger partial charge on any atom is -0.261 e. The van der Waals surface area contributed by atoms with Crippen LogP contribution in [0.1, 0.15) is 5.69 Å². The molecule has 0 unspecified atom stereocenters. The van der Waals surface area contributed by atoms with Gasteiger partial charge in [0.1, 0.15) is 0 Å². The van der Waals surface area contributed by atoms with Gasteiger partial charge in [-0.1, -0.05) is 12.6 Å². The normalized spacial score (nSPS) is 9.12. The van der Waals surface area contributed by atoms with E-state index in [-0.39, 0.29) is 0 Å². The Morgan fingerprint density at radius 3 is 2.75 bits per heavy atom. The molecule has 0 aromatic carbocycles. The summed E-state index contributed by atoms with van der Waals surface area (Å²) in [6.45, 7) is 0. The fourth-order valence-electron chi connectivity index (χ4n) is 0.405. The summed E-state index contributed by atoms with van der Waals surface area (Å²) in [6.07, 6.45) is 4.95. The highest BCUT2D eigenvalue weighted by atomic mass is 32.1. The highest BCUT2D eigenvalue weighted by molar-refractivity contribution is 7.79. The predicted molar refractivity (Wildman–Crippen MR) is 33.3 cm³/mol. The smallest absolute Gasteiger partial charge is 0.0694 e. The molecule has 0 aliphatic carbocycles. The SMILES string of the molecule is [S]Cc1cnccn1. The lowest BCUT2D eigenvalue weighted by Gasteiger charge is -1.86. The molecule has 8 heavy (non-hydrogen) atoms. The van der Waals surface area contributed by atoms with Crippen LogP contribution in [0.25, 0.3) is 0 Å². The van der Waals surface area contributed by atoms with Gasteiger partial charge in [-0.15, -0.1) is 0 Å². The first-order valence-electron chi connectivity index (χ1n) is 2.26. The largest absolute Gasteiger partial charge is 0.261 e. The molecule has 0 saturated heterocycles. The Morgan fingerprint density at radius 2 is 2.38 bits per heavy atom. The molecule has 41 valence electrons. The van der Waals surface area contributed by atoms with Gasteiger partial charge in [-0.2, -0.15) is 0 Å². The molecule has 0 saturated carbocycles. The maximum Gasteiger partial charge on any atom is 0.0694 e. The van der Waals surface area contributed by atoms with E-state index in [1.807, 2.05) is 0 Å². The van der Waals surface area contributed by atoms with Crippen molar-refractivity contribution in [3.05, 3.63) is 24.3 Å². The molecule has 0 aliphatic rings. The van der Waals surface area contributed by atoms with Gasteiger partial charge in [0.25, 0.3) is 0 Å². The van der Waals surface area contributed by atoms with Gasteiger partial charge in [0.15, 0.2) is 0 Å². The quantitative estimate of drug-likeness (QED) is 0.563. The van der Waals surface area contributed by atoms with Gasteiger partial charge in [0.2, 0.25) is 0 Å². The van der Waals surface area contributed by atoms with E-state index in [0.29, 0.717) is 5.75 Å². The molecular formula is C5H5N2S. The second-order valence-electron chi connectivity index (χ2n) is 1.34. The van der Waals surface area contributed by atoms with Gasteiger partial charge < -0.3 is 0 Å². The molecule has 2 nitrogen and oxygen atoms in total. The number of nitrogens with zero attached hydrogens (tertiary/aromatic N) is 2. The lowest BCUT2D eigenvalue weighted by molar-refractivity contribution is 1.10. The Hall–Kier alpha value is -0.570. The summed E-state index contributed by atoms with van der Waals surface area (Å²) in [5.41, 5.74) is 0.863. The zero-order valence-electron chi connectivity index (χ0n) is 4.24. The first-order valence-corrected chi connectivity index (χ1v) is 2.84. The summed E-state index contributed by atoms with van der Waals surface area (Å²) >= 11 is 4.72. The lowest BCUT2D eigenvalue weighted by atomic mass is 10.5. The summed E-state index contributed by atoms with van der Waals surface area (Å²) < 4.78 is 0. The van der Waals surface area contributed by atoms with E-state index in [1.54, 1.807) is 18.6 Å². The monoisotopic (exact) mass is 125 g/mol. The molecule has 1 radical (unpaired) electrons. The van der Waals surface area contributed by atoms with E-state index in [0.717, 1.165) is 5.69 Å². The number of hydrogen-bond donors (Lipinski definition) is 0. The first-order chi connectivity index (χ1) is 3.93. The van der Waals surface area contributed by atoms with E-state index in [4.69, 9.17) is 12.6 Å². The zero-order chi connectivity index (χ0) is 5.82. The molecule has 0 bridgehead atoms. The third-order valence-electron chi connectivity index (χ3n) is 0.765. The number of aromatic nitrogens is 2. The highest BCUT2D eigenvalue weighted by Gasteiger charge is 1.84. The Kier molecular flexibility index (Phi) is 1.86. The number of rotatable bonds is 1. The third-order valence-corrected chi connectivity index (χ3v) is 1.06. The molecule has 1 rings (SSSR count).